The average Bonchev–Trinajstić information content (AvgIpc) is 2.87. The molecule has 0 unspecified atom stereocenters. The van der Waals surface area contributed by atoms with Gasteiger partial charge in [-0.1, -0.05) is 37.0 Å². The molecule has 0 spiro atoms. The number of nitrogens with zero attached hydrogens (tertiary/aromatic N) is 1. The second-order valence-corrected chi connectivity index (χ2v) is 6.78. The van der Waals surface area contributed by atoms with Gasteiger partial charge >= 0.3 is 5.97 Å². The van der Waals surface area contributed by atoms with Crippen LogP contribution in [0.1, 0.15) is 18.9 Å². The monoisotopic (exact) mass is 381 g/mol. The normalized spacial score (nSPS) is 15.6. The molecule has 1 aliphatic heterocycles. The molecule has 134 valence electrons. The van der Waals surface area contributed by atoms with Crippen LogP contribution in [0.4, 0.5) is 0 Å². The molecular formula is C17H19NO5S2. The van der Waals surface area contributed by atoms with Gasteiger partial charge in [0.1, 0.15) is 10.9 Å². The molecule has 8 heteroatoms. The van der Waals surface area contributed by atoms with Crippen molar-refractivity contribution in [2.45, 2.75) is 13.3 Å². The standard InChI is InChI=1S/C17H19NO5S2/c1-4-7-23-15(19)10-18-16(20)14(25-17(18)24)9-11-5-6-12(21-2)13(8-11)22-3/h5-6,8-9H,4,7,10H2,1-3H3. The first-order valence-electron chi connectivity index (χ1n) is 7.63. The summed E-state index contributed by atoms with van der Waals surface area (Å²) in [5.74, 6) is 0.393. The average molecular weight is 381 g/mol. The number of ether oxygens (including phenoxy) is 3. The van der Waals surface area contributed by atoms with E-state index in [1.807, 2.05) is 13.0 Å². The molecule has 0 aromatic heterocycles. The molecular weight excluding hydrogens is 362 g/mol. The predicted molar refractivity (Wildman–Crippen MR) is 101 cm³/mol. The topological polar surface area (TPSA) is 65.1 Å². The Balaban J connectivity index is 2.15. The number of hydrogen-bond donors (Lipinski definition) is 0. The van der Waals surface area contributed by atoms with Crippen LogP contribution in [0.15, 0.2) is 23.1 Å². The molecule has 6 nitrogen and oxygen atoms in total. The number of benzene rings is 1. The molecule has 1 amide bonds. The van der Waals surface area contributed by atoms with Crippen molar-refractivity contribution in [2.24, 2.45) is 0 Å². The molecule has 1 heterocycles. The molecule has 1 fully saturated rings. The van der Waals surface area contributed by atoms with Crippen LogP contribution in [0.2, 0.25) is 0 Å². The minimum Gasteiger partial charge on any atom is -0.493 e. The number of rotatable bonds is 7. The Labute approximate surface area is 156 Å². The first-order chi connectivity index (χ1) is 12.0. The molecule has 0 aliphatic carbocycles. The van der Waals surface area contributed by atoms with E-state index in [1.54, 1.807) is 32.4 Å². The van der Waals surface area contributed by atoms with Gasteiger partial charge in [0.05, 0.1) is 25.7 Å². The number of methoxy groups -OCH3 is 2. The predicted octanol–water partition coefficient (Wildman–Crippen LogP) is 2.86. The van der Waals surface area contributed by atoms with Gasteiger partial charge in [-0.25, -0.2) is 0 Å². The lowest BCUT2D eigenvalue weighted by Crippen LogP contribution is -2.34. The van der Waals surface area contributed by atoms with E-state index >= 15 is 0 Å². The van der Waals surface area contributed by atoms with Crippen LogP contribution < -0.4 is 9.47 Å². The van der Waals surface area contributed by atoms with Crippen molar-refractivity contribution >= 4 is 46.3 Å². The van der Waals surface area contributed by atoms with Gasteiger partial charge in [0.2, 0.25) is 0 Å². The van der Waals surface area contributed by atoms with Gasteiger partial charge in [-0.3, -0.25) is 14.5 Å². The fourth-order valence-electron chi connectivity index (χ4n) is 2.12. The molecule has 0 bridgehead atoms. The van der Waals surface area contributed by atoms with Gasteiger partial charge < -0.3 is 14.2 Å². The Morgan fingerprint density at radius 3 is 2.64 bits per heavy atom. The van der Waals surface area contributed by atoms with Crippen molar-refractivity contribution in [3.63, 3.8) is 0 Å². The highest BCUT2D eigenvalue weighted by atomic mass is 32.2. The van der Waals surface area contributed by atoms with Crippen molar-refractivity contribution < 1.29 is 23.8 Å². The molecule has 0 N–H and O–H groups in total. The third-order valence-electron chi connectivity index (χ3n) is 3.33. The Morgan fingerprint density at radius 2 is 2.00 bits per heavy atom. The molecule has 1 aliphatic rings. The Kier molecular flexibility index (Phi) is 6.83. The molecule has 25 heavy (non-hydrogen) atoms. The van der Waals surface area contributed by atoms with E-state index in [1.165, 1.54) is 4.90 Å². The smallest absolute Gasteiger partial charge is 0.326 e. The van der Waals surface area contributed by atoms with Crippen LogP contribution in [0.3, 0.4) is 0 Å². The van der Waals surface area contributed by atoms with Crippen LogP contribution in [-0.2, 0) is 14.3 Å². The maximum Gasteiger partial charge on any atom is 0.326 e. The maximum atomic E-state index is 12.5. The highest BCUT2D eigenvalue weighted by molar-refractivity contribution is 8.26. The molecule has 0 atom stereocenters. The van der Waals surface area contributed by atoms with Crippen molar-refractivity contribution in [3.8, 4) is 11.5 Å². The Bertz CT molecular complexity index is 717. The molecule has 1 aromatic rings. The van der Waals surface area contributed by atoms with Crippen LogP contribution in [0.25, 0.3) is 6.08 Å². The molecule has 1 saturated heterocycles. The summed E-state index contributed by atoms with van der Waals surface area (Å²) in [5.41, 5.74) is 0.770. The zero-order valence-electron chi connectivity index (χ0n) is 14.2. The summed E-state index contributed by atoms with van der Waals surface area (Å²) in [7, 11) is 3.10. The molecule has 0 radical (unpaired) electrons. The van der Waals surface area contributed by atoms with Crippen LogP contribution in [0.5, 0.6) is 11.5 Å². The number of esters is 1. The van der Waals surface area contributed by atoms with Crippen LogP contribution in [-0.4, -0.2) is 48.5 Å². The molecule has 1 aromatic carbocycles. The van der Waals surface area contributed by atoms with Gasteiger partial charge in [0.15, 0.2) is 11.5 Å². The zero-order chi connectivity index (χ0) is 18.4. The lowest BCUT2D eigenvalue weighted by atomic mass is 10.2. The number of carbonyl (C=O) groups is 2. The maximum absolute atomic E-state index is 12.5. The van der Waals surface area contributed by atoms with E-state index in [-0.39, 0.29) is 12.5 Å². The fraction of sp³-hybridized carbons (Fsp3) is 0.353. The van der Waals surface area contributed by atoms with E-state index < -0.39 is 5.97 Å². The minimum absolute atomic E-state index is 0.173. The number of carbonyl (C=O) groups excluding carboxylic acids is 2. The van der Waals surface area contributed by atoms with E-state index in [0.29, 0.717) is 27.3 Å². The zero-order valence-corrected chi connectivity index (χ0v) is 15.9. The van der Waals surface area contributed by atoms with Crippen molar-refractivity contribution in [1.29, 1.82) is 0 Å². The molecule has 2 rings (SSSR count). The number of amides is 1. The SMILES string of the molecule is CCCOC(=O)CN1C(=O)C(=Cc2ccc(OC)c(OC)c2)SC1=S. The number of hydrogen-bond acceptors (Lipinski definition) is 7. The summed E-state index contributed by atoms with van der Waals surface area (Å²) >= 11 is 6.36. The van der Waals surface area contributed by atoms with E-state index in [2.05, 4.69) is 0 Å². The van der Waals surface area contributed by atoms with Crippen LogP contribution in [0, 0.1) is 0 Å². The summed E-state index contributed by atoms with van der Waals surface area (Å²) in [5, 5.41) is 0. The van der Waals surface area contributed by atoms with E-state index in [0.717, 1.165) is 23.7 Å². The lowest BCUT2D eigenvalue weighted by molar-refractivity contribution is -0.146. The van der Waals surface area contributed by atoms with Gasteiger partial charge in [-0.05, 0) is 30.2 Å². The molecule has 0 saturated carbocycles. The third-order valence-corrected chi connectivity index (χ3v) is 4.71. The second kappa shape index (κ2) is 8.87. The fourth-order valence-corrected chi connectivity index (χ4v) is 3.38. The van der Waals surface area contributed by atoms with Crippen molar-refractivity contribution in [3.05, 3.63) is 28.7 Å². The highest BCUT2D eigenvalue weighted by Crippen LogP contribution is 2.34. The summed E-state index contributed by atoms with van der Waals surface area (Å²) in [6, 6.07) is 5.33. The highest BCUT2D eigenvalue weighted by Gasteiger charge is 2.33. The largest absolute Gasteiger partial charge is 0.493 e. The van der Waals surface area contributed by atoms with E-state index in [9.17, 15) is 9.59 Å². The van der Waals surface area contributed by atoms with Crippen molar-refractivity contribution in [2.75, 3.05) is 27.4 Å². The first kappa shape index (κ1) is 19.3. The lowest BCUT2D eigenvalue weighted by Gasteiger charge is -2.13. The van der Waals surface area contributed by atoms with Gasteiger partial charge in [-0.15, -0.1) is 0 Å². The number of thiocarbonyl (C=S) groups is 1. The van der Waals surface area contributed by atoms with E-state index in [4.69, 9.17) is 26.4 Å². The quantitative estimate of drug-likeness (QED) is 0.409. The third kappa shape index (κ3) is 4.73. The summed E-state index contributed by atoms with van der Waals surface area (Å²) < 4.78 is 15.8. The summed E-state index contributed by atoms with van der Waals surface area (Å²) in [6.45, 7) is 2.06. The Morgan fingerprint density at radius 1 is 1.28 bits per heavy atom. The van der Waals surface area contributed by atoms with Gasteiger partial charge in [-0.2, -0.15) is 0 Å². The summed E-state index contributed by atoms with van der Waals surface area (Å²) in [6.07, 6.45) is 2.43. The van der Waals surface area contributed by atoms with Gasteiger partial charge in [0.25, 0.3) is 5.91 Å². The summed E-state index contributed by atoms with van der Waals surface area (Å²) in [4.78, 5) is 25.9. The van der Waals surface area contributed by atoms with Gasteiger partial charge in [0, 0.05) is 0 Å². The first-order valence-corrected chi connectivity index (χ1v) is 8.85. The Hall–Kier alpha value is -2.06. The van der Waals surface area contributed by atoms with Crippen molar-refractivity contribution in [1.82, 2.24) is 4.90 Å². The second-order valence-electron chi connectivity index (χ2n) is 5.10. The minimum atomic E-state index is -0.467. The number of thioether (sulfide) groups is 1. The van der Waals surface area contributed by atoms with Crippen LogP contribution >= 0.6 is 24.0 Å².